The van der Waals surface area contributed by atoms with Crippen LogP contribution in [0.15, 0.2) is 65.3 Å². The van der Waals surface area contributed by atoms with Crippen LogP contribution >= 0.6 is 15.9 Å². The van der Waals surface area contributed by atoms with E-state index < -0.39 is 24.4 Å². The van der Waals surface area contributed by atoms with E-state index in [1.54, 1.807) is 48.7 Å². The number of amides is 2. The van der Waals surface area contributed by atoms with Crippen LogP contribution in [-0.4, -0.2) is 35.9 Å². The normalized spacial score (nSPS) is 10.3. The number of hydrogen-bond donors (Lipinski definition) is 2. The van der Waals surface area contributed by atoms with Crippen molar-refractivity contribution in [2.75, 3.05) is 18.5 Å². The molecule has 142 valence electrons. The smallest absolute Gasteiger partial charge is 0.325 e. The first-order valence-electron chi connectivity index (χ1n) is 8.36. The maximum atomic E-state index is 12.1. The van der Waals surface area contributed by atoms with Crippen molar-refractivity contribution in [2.45, 2.75) is 0 Å². The van der Waals surface area contributed by atoms with Gasteiger partial charge in [0, 0.05) is 21.6 Å². The van der Waals surface area contributed by atoms with Crippen LogP contribution in [0.5, 0.6) is 0 Å². The van der Waals surface area contributed by atoms with Crippen LogP contribution in [0.25, 0.3) is 10.9 Å². The van der Waals surface area contributed by atoms with Crippen molar-refractivity contribution in [1.29, 1.82) is 0 Å². The Kier molecular flexibility index (Phi) is 6.33. The summed E-state index contributed by atoms with van der Waals surface area (Å²) >= 11 is 3.28. The molecule has 0 atom stereocenters. The second-order valence-corrected chi connectivity index (χ2v) is 6.69. The zero-order valence-electron chi connectivity index (χ0n) is 14.6. The molecule has 7 nitrogen and oxygen atoms in total. The van der Waals surface area contributed by atoms with E-state index in [0.717, 1.165) is 15.4 Å². The molecule has 0 bridgehead atoms. The minimum Gasteiger partial charge on any atom is -0.454 e. The number of esters is 1. The Labute approximate surface area is 169 Å². The first-order chi connectivity index (χ1) is 13.5. The highest BCUT2D eigenvalue weighted by atomic mass is 79.9. The Balaban J connectivity index is 1.47. The van der Waals surface area contributed by atoms with Crippen LogP contribution in [0.1, 0.15) is 10.4 Å². The lowest BCUT2D eigenvalue weighted by Crippen LogP contribution is -2.32. The molecule has 0 aliphatic carbocycles. The zero-order valence-corrected chi connectivity index (χ0v) is 16.2. The minimum atomic E-state index is -0.708. The molecule has 0 spiro atoms. The summed E-state index contributed by atoms with van der Waals surface area (Å²) in [5.41, 5.74) is 1.74. The van der Waals surface area contributed by atoms with Crippen molar-refractivity contribution in [2.24, 2.45) is 0 Å². The first kappa shape index (κ1) is 19.5. The second-order valence-electron chi connectivity index (χ2n) is 5.77. The number of nitrogens with zero attached hydrogens (tertiary/aromatic N) is 1. The van der Waals surface area contributed by atoms with Crippen molar-refractivity contribution in [3.63, 3.8) is 0 Å². The lowest BCUT2D eigenvalue weighted by Gasteiger charge is -2.09. The molecule has 28 heavy (non-hydrogen) atoms. The Hall–Kier alpha value is -3.26. The Bertz CT molecular complexity index is 1020. The Morgan fingerprint density at radius 3 is 2.57 bits per heavy atom. The molecule has 0 aliphatic rings. The van der Waals surface area contributed by atoms with Crippen LogP contribution in [0.4, 0.5) is 5.69 Å². The quantitative estimate of drug-likeness (QED) is 0.573. The van der Waals surface area contributed by atoms with Crippen molar-refractivity contribution >= 4 is 50.3 Å². The van der Waals surface area contributed by atoms with E-state index in [0.29, 0.717) is 11.3 Å². The molecule has 8 heteroatoms. The van der Waals surface area contributed by atoms with Gasteiger partial charge in [-0.2, -0.15) is 0 Å². The number of carbonyl (C=O) groups excluding carboxylic acids is 3. The van der Waals surface area contributed by atoms with Gasteiger partial charge in [0.2, 0.25) is 0 Å². The Morgan fingerprint density at radius 1 is 1.00 bits per heavy atom. The summed E-state index contributed by atoms with van der Waals surface area (Å²) in [4.78, 5) is 40.0. The second kappa shape index (κ2) is 9.09. The third kappa shape index (κ3) is 5.14. The number of rotatable bonds is 6. The number of carbonyl (C=O) groups is 3. The molecule has 2 amide bonds. The van der Waals surface area contributed by atoms with Gasteiger partial charge in [0.25, 0.3) is 11.8 Å². The summed E-state index contributed by atoms with van der Waals surface area (Å²) in [7, 11) is 0. The number of aromatic nitrogens is 1. The molecule has 3 rings (SSSR count). The van der Waals surface area contributed by atoms with Gasteiger partial charge in [0.05, 0.1) is 11.2 Å². The molecule has 0 unspecified atom stereocenters. The zero-order chi connectivity index (χ0) is 19.9. The monoisotopic (exact) mass is 441 g/mol. The number of ether oxygens (including phenoxy) is 1. The van der Waals surface area contributed by atoms with Gasteiger partial charge in [-0.1, -0.05) is 22.0 Å². The average Bonchev–Trinajstić information content (AvgIpc) is 2.71. The van der Waals surface area contributed by atoms with Crippen LogP contribution in [0.2, 0.25) is 0 Å². The predicted molar refractivity (Wildman–Crippen MR) is 108 cm³/mol. The summed E-state index contributed by atoms with van der Waals surface area (Å²) in [6.07, 6.45) is 1.66. The fourth-order valence-corrected chi connectivity index (χ4v) is 2.72. The highest BCUT2D eigenvalue weighted by Gasteiger charge is 2.12. The van der Waals surface area contributed by atoms with Gasteiger partial charge in [0.1, 0.15) is 6.54 Å². The third-order valence-electron chi connectivity index (χ3n) is 3.78. The molecule has 0 saturated carbocycles. The summed E-state index contributed by atoms with van der Waals surface area (Å²) in [5.74, 6) is -1.60. The standard InChI is InChI=1S/C20H16BrN3O4/c21-14-8-6-13(7-9-14)20(27)23-11-19(26)28-12-18(25)24-17-5-1-4-16-15(17)3-2-10-22-16/h1-10H,11-12H2,(H,23,27)(H,24,25). The van der Waals surface area contributed by atoms with Crippen LogP contribution in [-0.2, 0) is 14.3 Å². The molecule has 0 saturated heterocycles. The number of hydrogen-bond acceptors (Lipinski definition) is 5. The molecule has 1 aromatic heterocycles. The maximum absolute atomic E-state index is 12.1. The van der Waals surface area contributed by atoms with E-state index in [4.69, 9.17) is 4.74 Å². The van der Waals surface area contributed by atoms with Gasteiger partial charge in [-0.05, 0) is 48.5 Å². The summed E-state index contributed by atoms with van der Waals surface area (Å²) < 4.78 is 5.75. The van der Waals surface area contributed by atoms with E-state index in [1.807, 2.05) is 12.1 Å². The molecule has 0 fully saturated rings. The van der Waals surface area contributed by atoms with E-state index in [2.05, 4.69) is 31.5 Å². The van der Waals surface area contributed by atoms with Gasteiger partial charge in [-0.3, -0.25) is 19.4 Å². The molecule has 0 radical (unpaired) electrons. The summed E-state index contributed by atoms with van der Waals surface area (Å²) in [6, 6.07) is 15.6. The van der Waals surface area contributed by atoms with Gasteiger partial charge in [-0.15, -0.1) is 0 Å². The maximum Gasteiger partial charge on any atom is 0.325 e. The fourth-order valence-electron chi connectivity index (χ4n) is 2.45. The lowest BCUT2D eigenvalue weighted by molar-refractivity contribution is -0.146. The number of pyridine rings is 1. The number of benzene rings is 2. The molecule has 3 aromatic rings. The summed E-state index contributed by atoms with van der Waals surface area (Å²) in [5, 5.41) is 5.92. The van der Waals surface area contributed by atoms with Gasteiger partial charge >= 0.3 is 5.97 Å². The van der Waals surface area contributed by atoms with E-state index >= 15 is 0 Å². The van der Waals surface area contributed by atoms with Crippen LogP contribution in [0.3, 0.4) is 0 Å². The minimum absolute atomic E-state index is 0.333. The van der Waals surface area contributed by atoms with E-state index in [9.17, 15) is 14.4 Å². The topological polar surface area (TPSA) is 97.4 Å². The van der Waals surface area contributed by atoms with Crippen molar-refractivity contribution in [3.8, 4) is 0 Å². The fraction of sp³-hybridized carbons (Fsp3) is 0.100. The molecule has 1 heterocycles. The lowest BCUT2D eigenvalue weighted by atomic mass is 10.2. The van der Waals surface area contributed by atoms with Gasteiger partial charge < -0.3 is 15.4 Å². The number of fused-ring (bicyclic) bond motifs is 1. The van der Waals surface area contributed by atoms with Gasteiger partial charge in [0.15, 0.2) is 6.61 Å². The molecular formula is C20H16BrN3O4. The SMILES string of the molecule is O=C(COC(=O)CNC(=O)c1ccc(Br)cc1)Nc1cccc2ncccc12. The predicted octanol–water partition coefficient (Wildman–Crippen LogP) is 2.91. The average molecular weight is 442 g/mol. The first-order valence-corrected chi connectivity index (χ1v) is 9.15. The summed E-state index contributed by atoms with van der Waals surface area (Å²) in [6.45, 7) is -0.788. The molecule has 2 N–H and O–H groups in total. The number of nitrogens with one attached hydrogen (secondary N) is 2. The molecular weight excluding hydrogens is 426 g/mol. The highest BCUT2D eigenvalue weighted by molar-refractivity contribution is 9.10. The van der Waals surface area contributed by atoms with Crippen molar-refractivity contribution in [1.82, 2.24) is 10.3 Å². The van der Waals surface area contributed by atoms with Gasteiger partial charge in [-0.25, -0.2) is 0 Å². The highest BCUT2D eigenvalue weighted by Crippen LogP contribution is 2.21. The van der Waals surface area contributed by atoms with E-state index in [-0.39, 0.29) is 6.54 Å². The van der Waals surface area contributed by atoms with E-state index in [1.165, 1.54) is 0 Å². The Morgan fingerprint density at radius 2 is 1.79 bits per heavy atom. The van der Waals surface area contributed by atoms with Crippen LogP contribution < -0.4 is 10.6 Å². The molecule has 0 aliphatic heterocycles. The number of halogens is 1. The molecule has 2 aromatic carbocycles. The number of anilines is 1. The van der Waals surface area contributed by atoms with Crippen molar-refractivity contribution < 1.29 is 19.1 Å². The largest absolute Gasteiger partial charge is 0.454 e. The third-order valence-corrected chi connectivity index (χ3v) is 4.31. The van der Waals surface area contributed by atoms with Crippen LogP contribution in [0, 0.1) is 0 Å². The van der Waals surface area contributed by atoms with Crippen molar-refractivity contribution in [3.05, 3.63) is 70.8 Å².